The standard InChI is InChI=1S/C17H26BNO3/c1-16(2)17(3,4)22-18(21-16)12-6-8-14-11-10-13-7-5-9-15(20)19(13)14/h5,7,9,14H,6,8,10-12H2,1-4H3. The van der Waals surface area contributed by atoms with Crippen molar-refractivity contribution in [2.45, 2.75) is 76.9 Å². The van der Waals surface area contributed by atoms with Crippen molar-refractivity contribution in [1.82, 2.24) is 4.57 Å². The normalized spacial score (nSPS) is 25.5. The van der Waals surface area contributed by atoms with E-state index in [1.54, 1.807) is 6.07 Å². The summed E-state index contributed by atoms with van der Waals surface area (Å²) in [6.07, 6.45) is 5.00. The smallest absolute Gasteiger partial charge is 0.403 e. The first kappa shape index (κ1) is 15.8. The van der Waals surface area contributed by atoms with Gasteiger partial charge in [-0.3, -0.25) is 4.79 Å². The molecule has 0 aliphatic carbocycles. The van der Waals surface area contributed by atoms with Crippen LogP contribution >= 0.6 is 0 Å². The van der Waals surface area contributed by atoms with Gasteiger partial charge in [0.25, 0.3) is 5.56 Å². The summed E-state index contributed by atoms with van der Waals surface area (Å²) < 4.78 is 14.0. The van der Waals surface area contributed by atoms with Crippen LogP contribution in [0.5, 0.6) is 0 Å². The highest BCUT2D eigenvalue weighted by atomic mass is 16.7. The summed E-state index contributed by atoms with van der Waals surface area (Å²) in [4.78, 5) is 12.0. The van der Waals surface area contributed by atoms with E-state index in [1.807, 2.05) is 10.6 Å². The monoisotopic (exact) mass is 303 g/mol. The van der Waals surface area contributed by atoms with Gasteiger partial charge in [0.2, 0.25) is 0 Å². The van der Waals surface area contributed by atoms with Gasteiger partial charge >= 0.3 is 7.12 Å². The average molecular weight is 303 g/mol. The molecular formula is C17H26BNO3. The summed E-state index contributed by atoms with van der Waals surface area (Å²) in [5, 5.41) is 0. The molecule has 1 aromatic rings. The SMILES string of the molecule is CC1(C)OB(CCCC2CCc3cccc(=O)n32)OC1(C)C. The van der Waals surface area contributed by atoms with Crippen LogP contribution in [0.15, 0.2) is 23.0 Å². The van der Waals surface area contributed by atoms with E-state index in [-0.39, 0.29) is 23.9 Å². The molecule has 2 aliphatic heterocycles. The summed E-state index contributed by atoms with van der Waals surface area (Å²) >= 11 is 0. The Morgan fingerprint density at radius 3 is 2.59 bits per heavy atom. The molecule has 0 spiro atoms. The third-order valence-corrected chi connectivity index (χ3v) is 5.45. The Bertz CT molecular complexity index is 592. The number of nitrogens with zero attached hydrogens (tertiary/aromatic N) is 1. The molecule has 2 aliphatic rings. The van der Waals surface area contributed by atoms with Gasteiger partial charge in [0.05, 0.1) is 11.2 Å². The number of rotatable bonds is 4. The third-order valence-electron chi connectivity index (χ3n) is 5.45. The molecule has 0 aromatic carbocycles. The molecule has 3 rings (SSSR count). The van der Waals surface area contributed by atoms with Gasteiger partial charge in [0.15, 0.2) is 0 Å². The second-order valence-corrected chi connectivity index (χ2v) is 7.53. The molecule has 120 valence electrons. The molecule has 3 heterocycles. The summed E-state index contributed by atoms with van der Waals surface area (Å²) in [7, 11) is -0.127. The number of pyridine rings is 1. The second-order valence-electron chi connectivity index (χ2n) is 7.53. The maximum Gasteiger partial charge on any atom is 0.457 e. The number of aromatic nitrogens is 1. The van der Waals surface area contributed by atoms with Gasteiger partial charge in [-0.1, -0.05) is 12.5 Å². The van der Waals surface area contributed by atoms with Gasteiger partial charge in [-0.25, -0.2) is 0 Å². The Labute approximate surface area is 133 Å². The minimum absolute atomic E-state index is 0.127. The van der Waals surface area contributed by atoms with Crippen molar-refractivity contribution >= 4 is 7.12 Å². The van der Waals surface area contributed by atoms with Crippen LogP contribution in [0, 0.1) is 0 Å². The van der Waals surface area contributed by atoms with Crippen LogP contribution in [0.4, 0.5) is 0 Å². The van der Waals surface area contributed by atoms with Crippen molar-refractivity contribution in [3.63, 3.8) is 0 Å². The van der Waals surface area contributed by atoms with Crippen LogP contribution in [-0.2, 0) is 15.7 Å². The molecule has 4 nitrogen and oxygen atoms in total. The molecule has 0 radical (unpaired) electrons. The molecule has 22 heavy (non-hydrogen) atoms. The van der Waals surface area contributed by atoms with E-state index in [0.29, 0.717) is 6.04 Å². The van der Waals surface area contributed by atoms with Gasteiger partial charge in [0, 0.05) is 17.8 Å². The lowest BCUT2D eigenvalue weighted by Crippen LogP contribution is -2.41. The van der Waals surface area contributed by atoms with Gasteiger partial charge < -0.3 is 13.9 Å². The van der Waals surface area contributed by atoms with Crippen molar-refractivity contribution in [2.75, 3.05) is 0 Å². The molecular weight excluding hydrogens is 277 g/mol. The number of hydrogen-bond acceptors (Lipinski definition) is 3. The second kappa shape index (κ2) is 5.53. The van der Waals surface area contributed by atoms with Gasteiger partial charge in [0.1, 0.15) is 0 Å². The molecule has 1 atom stereocenters. The highest BCUT2D eigenvalue weighted by Crippen LogP contribution is 2.38. The summed E-state index contributed by atoms with van der Waals surface area (Å²) in [6.45, 7) is 8.33. The fourth-order valence-corrected chi connectivity index (χ4v) is 3.48. The Kier molecular flexibility index (Phi) is 3.98. The Balaban J connectivity index is 1.55. The Hall–Kier alpha value is -1.07. The minimum atomic E-state index is -0.255. The predicted molar refractivity (Wildman–Crippen MR) is 88.2 cm³/mol. The van der Waals surface area contributed by atoms with E-state index >= 15 is 0 Å². The van der Waals surface area contributed by atoms with Crippen molar-refractivity contribution < 1.29 is 9.31 Å². The third kappa shape index (κ3) is 2.76. The van der Waals surface area contributed by atoms with Crippen LogP contribution in [-0.4, -0.2) is 22.9 Å². The van der Waals surface area contributed by atoms with E-state index in [1.165, 1.54) is 5.69 Å². The fraction of sp³-hybridized carbons (Fsp3) is 0.706. The van der Waals surface area contributed by atoms with E-state index in [0.717, 1.165) is 32.0 Å². The van der Waals surface area contributed by atoms with Crippen molar-refractivity contribution in [3.8, 4) is 0 Å². The minimum Gasteiger partial charge on any atom is -0.403 e. The molecule has 1 saturated heterocycles. The zero-order valence-electron chi connectivity index (χ0n) is 14.1. The van der Waals surface area contributed by atoms with Crippen LogP contribution in [0.1, 0.15) is 58.7 Å². The Morgan fingerprint density at radius 1 is 1.23 bits per heavy atom. The summed E-state index contributed by atoms with van der Waals surface area (Å²) in [5.74, 6) is 0. The molecule has 5 heteroatoms. The molecule has 1 fully saturated rings. The molecule has 0 N–H and O–H groups in total. The maximum absolute atomic E-state index is 12.0. The van der Waals surface area contributed by atoms with Crippen molar-refractivity contribution in [3.05, 3.63) is 34.2 Å². The van der Waals surface area contributed by atoms with Crippen LogP contribution in [0.25, 0.3) is 0 Å². The zero-order chi connectivity index (χ0) is 16.0. The van der Waals surface area contributed by atoms with Crippen LogP contribution in [0.2, 0.25) is 6.32 Å². The largest absolute Gasteiger partial charge is 0.457 e. The first-order valence-corrected chi connectivity index (χ1v) is 8.36. The molecule has 0 amide bonds. The summed E-state index contributed by atoms with van der Waals surface area (Å²) in [6, 6.07) is 5.93. The van der Waals surface area contributed by atoms with Crippen LogP contribution < -0.4 is 5.56 Å². The topological polar surface area (TPSA) is 40.5 Å². The van der Waals surface area contributed by atoms with Gasteiger partial charge in [-0.05, 0) is 59.3 Å². The van der Waals surface area contributed by atoms with Crippen molar-refractivity contribution in [1.29, 1.82) is 0 Å². The Morgan fingerprint density at radius 2 is 1.91 bits per heavy atom. The lowest BCUT2D eigenvalue weighted by molar-refractivity contribution is 0.00578. The molecule has 1 unspecified atom stereocenters. The number of aryl methyl sites for hydroxylation is 1. The van der Waals surface area contributed by atoms with Crippen molar-refractivity contribution in [2.24, 2.45) is 0 Å². The van der Waals surface area contributed by atoms with E-state index in [2.05, 4.69) is 33.8 Å². The first-order chi connectivity index (χ1) is 10.3. The van der Waals surface area contributed by atoms with E-state index in [9.17, 15) is 4.79 Å². The predicted octanol–water partition coefficient (Wildman–Crippen LogP) is 3.21. The molecule has 0 saturated carbocycles. The first-order valence-electron chi connectivity index (χ1n) is 8.36. The van der Waals surface area contributed by atoms with E-state index < -0.39 is 0 Å². The molecule has 0 bridgehead atoms. The van der Waals surface area contributed by atoms with Gasteiger partial charge in [-0.2, -0.15) is 0 Å². The fourth-order valence-electron chi connectivity index (χ4n) is 3.48. The van der Waals surface area contributed by atoms with Crippen LogP contribution in [0.3, 0.4) is 0 Å². The maximum atomic E-state index is 12.0. The quantitative estimate of drug-likeness (QED) is 0.802. The zero-order valence-corrected chi connectivity index (χ0v) is 14.1. The average Bonchev–Trinajstić information content (AvgIpc) is 2.90. The van der Waals surface area contributed by atoms with E-state index in [4.69, 9.17) is 9.31 Å². The number of fused-ring (bicyclic) bond motifs is 1. The highest BCUT2D eigenvalue weighted by molar-refractivity contribution is 6.45. The van der Waals surface area contributed by atoms with Gasteiger partial charge in [-0.15, -0.1) is 0 Å². The molecule has 1 aromatic heterocycles. The summed E-state index contributed by atoms with van der Waals surface area (Å²) in [5.41, 5.74) is 0.798. The lowest BCUT2D eigenvalue weighted by atomic mass is 9.81. The number of hydrogen-bond donors (Lipinski definition) is 0. The highest BCUT2D eigenvalue weighted by Gasteiger charge is 2.50. The lowest BCUT2D eigenvalue weighted by Gasteiger charge is -2.32.